The Balaban J connectivity index is 2.59. The third-order valence-electron chi connectivity index (χ3n) is 2.81. The SMILES string of the molecule is CC(C)C(CCO)NCc1ccc(F)cc1Br. The van der Waals surface area contributed by atoms with Crippen LogP contribution >= 0.6 is 15.9 Å². The Morgan fingerprint density at radius 1 is 1.41 bits per heavy atom. The summed E-state index contributed by atoms with van der Waals surface area (Å²) in [6.07, 6.45) is 0.733. The van der Waals surface area contributed by atoms with Crippen molar-refractivity contribution in [3.8, 4) is 0 Å². The topological polar surface area (TPSA) is 32.3 Å². The fourth-order valence-corrected chi connectivity index (χ4v) is 2.21. The molecule has 96 valence electrons. The van der Waals surface area contributed by atoms with Crippen molar-refractivity contribution in [2.45, 2.75) is 32.9 Å². The highest BCUT2D eigenvalue weighted by molar-refractivity contribution is 9.10. The average molecular weight is 304 g/mol. The lowest BCUT2D eigenvalue weighted by Crippen LogP contribution is -2.34. The van der Waals surface area contributed by atoms with Gasteiger partial charge >= 0.3 is 0 Å². The van der Waals surface area contributed by atoms with Crippen LogP contribution in [0.1, 0.15) is 25.8 Å². The molecule has 0 aliphatic rings. The first-order valence-corrected chi connectivity index (χ1v) is 6.62. The number of halogens is 2. The monoisotopic (exact) mass is 303 g/mol. The van der Waals surface area contributed by atoms with Gasteiger partial charge in [-0.15, -0.1) is 0 Å². The third-order valence-corrected chi connectivity index (χ3v) is 3.55. The molecule has 0 aliphatic heterocycles. The molecule has 0 heterocycles. The normalized spacial score (nSPS) is 13.1. The molecule has 0 amide bonds. The van der Waals surface area contributed by atoms with E-state index in [0.717, 1.165) is 16.5 Å². The Morgan fingerprint density at radius 3 is 2.65 bits per heavy atom. The lowest BCUT2D eigenvalue weighted by atomic mass is 10.0. The molecule has 1 aromatic carbocycles. The number of hydrogen-bond donors (Lipinski definition) is 2. The van der Waals surface area contributed by atoms with Crippen LogP contribution in [0.5, 0.6) is 0 Å². The summed E-state index contributed by atoms with van der Waals surface area (Å²) in [7, 11) is 0. The summed E-state index contributed by atoms with van der Waals surface area (Å²) in [5.74, 6) is 0.220. The van der Waals surface area contributed by atoms with Gasteiger partial charge in [0.15, 0.2) is 0 Å². The predicted octanol–water partition coefficient (Wildman–Crippen LogP) is 3.08. The Bertz CT molecular complexity index is 357. The van der Waals surface area contributed by atoms with E-state index in [1.54, 1.807) is 6.07 Å². The third kappa shape index (κ3) is 4.74. The molecule has 4 heteroatoms. The molecule has 1 atom stereocenters. The number of aliphatic hydroxyl groups excluding tert-OH is 1. The minimum absolute atomic E-state index is 0.181. The van der Waals surface area contributed by atoms with Crippen LogP contribution in [0.25, 0.3) is 0 Å². The zero-order valence-electron chi connectivity index (χ0n) is 10.2. The van der Waals surface area contributed by atoms with Crippen molar-refractivity contribution >= 4 is 15.9 Å². The van der Waals surface area contributed by atoms with E-state index in [0.29, 0.717) is 12.5 Å². The van der Waals surface area contributed by atoms with Gasteiger partial charge in [0.2, 0.25) is 0 Å². The number of hydrogen-bond acceptors (Lipinski definition) is 2. The van der Waals surface area contributed by atoms with Crippen LogP contribution in [0.3, 0.4) is 0 Å². The second kappa shape index (κ2) is 7.09. The Hall–Kier alpha value is -0.450. The summed E-state index contributed by atoms with van der Waals surface area (Å²) >= 11 is 3.34. The van der Waals surface area contributed by atoms with Crippen molar-refractivity contribution in [1.29, 1.82) is 0 Å². The van der Waals surface area contributed by atoms with Gasteiger partial charge in [-0.05, 0) is 30.0 Å². The number of benzene rings is 1. The number of nitrogens with one attached hydrogen (secondary N) is 1. The first-order valence-electron chi connectivity index (χ1n) is 5.82. The van der Waals surface area contributed by atoms with Crippen LogP contribution in [0.2, 0.25) is 0 Å². The van der Waals surface area contributed by atoms with Crippen LogP contribution in [-0.4, -0.2) is 17.8 Å². The fraction of sp³-hybridized carbons (Fsp3) is 0.538. The van der Waals surface area contributed by atoms with E-state index in [9.17, 15) is 4.39 Å². The van der Waals surface area contributed by atoms with Crippen LogP contribution in [0.15, 0.2) is 22.7 Å². The van der Waals surface area contributed by atoms with E-state index in [1.165, 1.54) is 12.1 Å². The van der Waals surface area contributed by atoms with Crippen LogP contribution in [-0.2, 0) is 6.54 Å². The van der Waals surface area contributed by atoms with Crippen molar-refractivity contribution in [3.63, 3.8) is 0 Å². The zero-order chi connectivity index (χ0) is 12.8. The van der Waals surface area contributed by atoms with Crippen molar-refractivity contribution in [1.82, 2.24) is 5.32 Å². The summed E-state index contributed by atoms with van der Waals surface area (Å²) in [5.41, 5.74) is 1.02. The Labute approximate surface area is 110 Å². The molecule has 17 heavy (non-hydrogen) atoms. The van der Waals surface area contributed by atoms with Gasteiger partial charge in [0.05, 0.1) is 0 Å². The maximum atomic E-state index is 12.9. The van der Waals surface area contributed by atoms with Gasteiger partial charge in [-0.2, -0.15) is 0 Å². The lowest BCUT2D eigenvalue weighted by Gasteiger charge is -2.22. The van der Waals surface area contributed by atoms with Gasteiger partial charge < -0.3 is 10.4 Å². The predicted molar refractivity (Wildman–Crippen MR) is 71.3 cm³/mol. The van der Waals surface area contributed by atoms with Gasteiger partial charge in [-0.1, -0.05) is 35.8 Å². The molecule has 0 spiro atoms. The number of rotatable bonds is 6. The van der Waals surface area contributed by atoms with E-state index in [1.807, 2.05) is 0 Å². The molecular formula is C13H19BrFNO. The summed E-state index contributed by atoms with van der Waals surface area (Å²) in [6.45, 7) is 5.09. The van der Waals surface area contributed by atoms with E-state index >= 15 is 0 Å². The van der Waals surface area contributed by atoms with Crippen molar-refractivity contribution < 1.29 is 9.50 Å². The van der Waals surface area contributed by atoms with Gasteiger partial charge in [0.1, 0.15) is 5.82 Å². The van der Waals surface area contributed by atoms with E-state index in [2.05, 4.69) is 35.1 Å². The molecule has 1 aromatic rings. The fourth-order valence-electron chi connectivity index (χ4n) is 1.72. The first kappa shape index (κ1) is 14.6. The molecule has 0 aliphatic carbocycles. The molecule has 0 saturated heterocycles. The van der Waals surface area contributed by atoms with E-state index < -0.39 is 0 Å². The van der Waals surface area contributed by atoms with Crippen molar-refractivity contribution in [2.24, 2.45) is 5.92 Å². The largest absolute Gasteiger partial charge is 0.396 e. The number of aliphatic hydroxyl groups is 1. The molecule has 0 fully saturated rings. The van der Waals surface area contributed by atoms with Gasteiger partial charge in [0.25, 0.3) is 0 Å². The molecule has 2 N–H and O–H groups in total. The molecule has 2 nitrogen and oxygen atoms in total. The smallest absolute Gasteiger partial charge is 0.124 e. The molecular weight excluding hydrogens is 285 g/mol. The molecule has 0 saturated carbocycles. The maximum Gasteiger partial charge on any atom is 0.124 e. The summed E-state index contributed by atoms with van der Waals surface area (Å²) in [4.78, 5) is 0. The Kier molecular flexibility index (Phi) is 6.09. The second-order valence-electron chi connectivity index (χ2n) is 4.48. The standard InChI is InChI=1S/C13H19BrFNO/c1-9(2)13(5-6-17)16-8-10-3-4-11(15)7-12(10)14/h3-4,7,9,13,16-17H,5-6,8H2,1-2H3. The quantitative estimate of drug-likeness (QED) is 0.846. The molecule has 0 radical (unpaired) electrons. The van der Waals surface area contributed by atoms with Gasteiger partial charge in [0, 0.05) is 23.7 Å². The van der Waals surface area contributed by atoms with E-state index in [-0.39, 0.29) is 18.5 Å². The second-order valence-corrected chi connectivity index (χ2v) is 5.33. The van der Waals surface area contributed by atoms with Crippen molar-refractivity contribution in [2.75, 3.05) is 6.61 Å². The molecule has 0 bridgehead atoms. The van der Waals surface area contributed by atoms with E-state index in [4.69, 9.17) is 5.11 Å². The summed E-state index contributed by atoms with van der Waals surface area (Å²) in [5, 5.41) is 12.4. The van der Waals surface area contributed by atoms with Crippen molar-refractivity contribution in [3.05, 3.63) is 34.1 Å². The highest BCUT2D eigenvalue weighted by Gasteiger charge is 2.12. The van der Waals surface area contributed by atoms with Crippen LogP contribution < -0.4 is 5.32 Å². The maximum absolute atomic E-state index is 12.9. The zero-order valence-corrected chi connectivity index (χ0v) is 11.8. The first-order chi connectivity index (χ1) is 8.04. The minimum Gasteiger partial charge on any atom is -0.396 e. The highest BCUT2D eigenvalue weighted by Crippen LogP contribution is 2.18. The summed E-state index contributed by atoms with van der Waals surface area (Å²) < 4.78 is 13.7. The lowest BCUT2D eigenvalue weighted by molar-refractivity contribution is 0.244. The summed E-state index contributed by atoms with van der Waals surface area (Å²) in [6, 6.07) is 4.96. The van der Waals surface area contributed by atoms with Crippen LogP contribution in [0, 0.1) is 11.7 Å². The Morgan fingerprint density at radius 2 is 2.12 bits per heavy atom. The molecule has 1 rings (SSSR count). The van der Waals surface area contributed by atoms with Gasteiger partial charge in [-0.3, -0.25) is 0 Å². The average Bonchev–Trinajstić information content (AvgIpc) is 2.25. The van der Waals surface area contributed by atoms with Gasteiger partial charge in [-0.25, -0.2) is 4.39 Å². The molecule has 1 unspecified atom stereocenters. The minimum atomic E-state index is -0.239. The molecule has 0 aromatic heterocycles. The van der Waals surface area contributed by atoms with Crippen LogP contribution in [0.4, 0.5) is 4.39 Å². The highest BCUT2D eigenvalue weighted by atomic mass is 79.9.